The summed E-state index contributed by atoms with van der Waals surface area (Å²) in [7, 11) is -4.19. The number of amides is 3. The lowest BCUT2D eigenvalue weighted by Gasteiger charge is -2.31. The molecule has 1 aliphatic rings. The average molecular weight is 715 g/mol. The average Bonchev–Trinajstić information content (AvgIpc) is 3.49. The van der Waals surface area contributed by atoms with E-state index in [0.717, 1.165) is 11.8 Å². The molecule has 0 spiro atoms. The van der Waals surface area contributed by atoms with Crippen molar-refractivity contribution in [2.45, 2.75) is 52.1 Å². The summed E-state index contributed by atoms with van der Waals surface area (Å²) in [5.74, 6) is -1.02. The van der Waals surface area contributed by atoms with Gasteiger partial charge in [0.25, 0.3) is 21.9 Å². The number of nitrogens with one attached hydrogen (secondary N) is 1. The summed E-state index contributed by atoms with van der Waals surface area (Å²) in [6.45, 7) is 8.38. The van der Waals surface area contributed by atoms with Gasteiger partial charge in [-0.1, -0.05) is 62.2 Å². The number of carbonyl (C=O) groups is 2. The Morgan fingerprint density at radius 2 is 1.73 bits per heavy atom. The van der Waals surface area contributed by atoms with Gasteiger partial charge in [0.2, 0.25) is 0 Å². The highest BCUT2D eigenvalue weighted by Crippen LogP contribution is 2.31. The molecule has 3 heterocycles. The van der Waals surface area contributed by atoms with Crippen molar-refractivity contribution >= 4 is 45.2 Å². The fraction of sp³-hybridized carbons (Fsp3) is 0.333. The van der Waals surface area contributed by atoms with Crippen molar-refractivity contribution in [3.05, 3.63) is 94.5 Å². The van der Waals surface area contributed by atoms with Crippen LogP contribution in [0.1, 0.15) is 55.2 Å². The lowest BCUT2D eigenvalue weighted by Crippen LogP contribution is -2.41. The van der Waals surface area contributed by atoms with Gasteiger partial charge in [-0.05, 0) is 50.1 Å². The van der Waals surface area contributed by atoms with Gasteiger partial charge in [0.1, 0.15) is 16.9 Å². The molecule has 49 heavy (non-hydrogen) atoms. The highest BCUT2D eigenvalue weighted by atomic mass is 35.5. The molecular formula is C33H36ClFN6O7S. The predicted molar refractivity (Wildman–Crippen MR) is 181 cm³/mol. The summed E-state index contributed by atoms with van der Waals surface area (Å²) < 4.78 is 45.3. The number of anilines is 2. The molecule has 0 aliphatic carbocycles. The van der Waals surface area contributed by atoms with Crippen LogP contribution in [0.4, 0.5) is 20.7 Å². The second kappa shape index (κ2) is 14.5. The van der Waals surface area contributed by atoms with Gasteiger partial charge in [0.05, 0.1) is 35.1 Å². The lowest BCUT2D eigenvalue weighted by atomic mass is 9.92. The molecule has 5 rings (SSSR count). The van der Waals surface area contributed by atoms with Crippen LogP contribution in [-0.2, 0) is 24.7 Å². The second-order valence-electron chi connectivity index (χ2n) is 12.6. The Morgan fingerprint density at radius 1 is 1.06 bits per heavy atom. The Morgan fingerprint density at radius 3 is 2.35 bits per heavy atom. The maximum absolute atomic E-state index is 14.1. The number of hydrogen-bond acceptors (Lipinski definition) is 9. The first kappa shape index (κ1) is 35.7. The van der Waals surface area contributed by atoms with Crippen LogP contribution in [0, 0.1) is 12.7 Å². The van der Waals surface area contributed by atoms with Crippen LogP contribution in [0.15, 0.2) is 66.9 Å². The number of likely N-dealkylation sites (tertiary alicyclic amines) is 1. The minimum absolute atomic E-state index is 0.0128. The molecule has 2 aromatic heterocycles. The quantitative estimate of drug-likeness (QED) is 0.158. The Kier molecular flexibility index (Phi) is 10.6. The number of aromatic nitrogens is 3. The van der Waals surface area contributed by atoms with Crippen molar-refractivity contribution in [2.75, 3.05) is 29.7 Å². The van der Waals surface area contributed by atoms with E-state index in [1.807, 2.05) is 39.8 Å². The fourth-order valence-corrected chi connectivity index (χ4v) is 5.49. The van der Waals surface area contributed by atoms with Gasteiger partial charge in [-0.25, -0.2) is 18.9 Å². The minimum Gasteiger partial charge on any atom is -0.338 e. The third-order valence-electron chi connectivity index (χ3n) is 7.50. The Bertz CT molecular complexity index is 1940. The highest BCUT2D eigenvalue weighted by molar-refractivity contribution is 7.86. The summed E-state index contributed by atoms with van der Waals surface area (Å²) in [6, 6.07) is 15.1. The predicted octanol–water partition coefficient (Wildman–Crippen LogP) is 6.21. The van der Waals surface area contributed by atoms with Crippen LogP contribution in [0.5, 0.6) is 5.88 Å². The molecule has 0 radical (unpaired) electrons. The number of hydrogen-bond donors (Lipinski definition) is 1. The van der Waals surface area contributed by atoms with Gasteiger partial charge in [-0.3, -0.25) is 4.79 Å². The number of carbonyl (C=O) groups excluding carboxylic acids is 2. The summed E-state index contributed by atoms with van der Waals surface area (Å²) in [5, 5.41) is 7.80. The molecule has 1 N–H and O–H groups in total. The Labute approximate surface area is 288 Å². The lowest BCUT2D eigenvalue weighted by molar-refractivity contribution is -0.254. The molecule has 0 unspecified atom stereocenters. The number of hydroxylamine groups is 1. The molecule has 4 aromatic rings. The molecule has 1 aliphatic heterocycles. The van der Waals surface area contributed by atoms with Crippen molar-refractivity contribution in [1.29, 1.82) is 0 Å². The smallest absolute Gasteiger partial charge is 0.338 e. The zero-order chi connectivity index (χ0) is 35.5. The van der Waals surface area contributed by atoms with Crippen LogP contribution in [0.2, 0.25) is 5.02 Å². The van der Waals surface area contributed by atoms with E-state index in [9.17, 15) is 22.4 Å². The topological polar surface area (TPSA) is 145 Å². The third-order valence-corrected chi connectivity index (χ3v) is 8.19. The van der Waals surface area contributed by atoms with Crippen LogP contribution in [0.3, 0.4) is 0 Å². The number of aryl methyl sites for hydroxylation is 1. The molecule has 3 amide bonds. The Balaban J connectivity index is 1.27. The summed E-state index contributed by atoms with van der Waals surface area (Å²) in [6.07, 6.45) is 2.53. The van der Waals surface area contributed by atoms with Crippen molar-refractivity contribution in [2.24, 2.45) is 0 Å². The zero-order valence-corrected chi connectivity index (χ0v) is 29.1. The first-order valence-electron chi connectivity index (χ1n) is 15.3. The minimum atomic E-state index is -4.19. The number of piperidine rings is 1. The number of halogens is 2. The van der Waals surface area contributed by atoms with Gasteiger partial charge in [0, 0.05) is 24.6 Å². The summed E-state index contributed by atoms with van der Waals surface area (Å²) in [5.41, 5.74) is 1.80. The van der Waals surface area contributed by atoms with Gasteiger partial charge in [0.15, 0.2) is 5.82 Å². The van der Waals surface area contributed by atoms with Crippen LogP contribution < -0.4 is 15.3 Å². The molecule has 0 bridgehead atoms. The molecule has 260 valence electrons. The molecule has 13 nitrogen and oxygen atoms in total. The molecular weight excluding hydrogens is 679 g/mol. The standard InChI is InChI=1S/C33H36ClFN6O7S/c1-21-10-12-23(13-11-21)40-29(19-28(38-40)33(2,3)4)41(48-49(5,44)45)32(43)37-22-18-26(34)30(36-20-22)47-46-24-14-16-39(17-15-24)31(42)25-8-6-7-9-27(25)35/h6-13,18-20,24H,14-17H2,1-5H3,(H,37,43). The number of rotatable bonds is 9. The van der Waals surface area contributed by atoms with Crippen molar-refractivity contribution in [3.8, 4) is 11.6 Å². The van der Waals surface area contributed by atoms with E-state index in [4.69, 9.17) is 25.7 Å². The fourth-order valence-electron chi connectivity index (χ4n) is 4.87. The SMILES string of the molecule is Cc1ccc(-n2nc(C(C)(C)C)cc2N(OS(C)(=O)=O)C(=O)Nc2cnc(OOC3CCN(C(=O)c4ccccc4F)CC3)c(Cl)c2)cc1. The van der Waals surface area contributed by atoms with E-state index in [1.54, 1.807) is 29.2 Å². The van der Waals surface area contributed by atoms with Gasteiger partial charge >= 0.3 is 6.03 Å². The molecule has 0 atom stereocenters. The summed E-state index contributed by atoms with van der Waals surface area (Å²) in [4.78, 5) is 42.9. The number of pyridine rings is 1. The van der Waals surface area contributed by atoms with E-state index in [2.05, 4.69) is 15.4 Å². The van der Waals surface area contributed by atoms with Crippen LogP contribution in [-0.4, -0.2) is 65.5 Å². The monoisotopic (exact) mass is 714 g/mol. The van der Waals surface area contributed by atoms with Gasteiger partial charge < -0.3 is 15.1 Å². The first-order valence-corrected chi connectivity index (χ1v) is 17.5. The molecule has 1 fully saturated rings. The molecule has 16 heteroatoms. The van der Waals surface area contributed by atoms with Crippen LogP contribution in [0.25, 0.3) is 5.69 Å². The Hall–Kier alpha value is -4.57. The van der Waals surface area contributed by atoms with Crippen molar-refractivity contribution < 1.29 is 36.5 Å². The number of nitrogens with zero attached hydrogens (tertiary/aromatic N) is 5. The largest absolute Gasteiger partial charge is 0.353 e. The van der Waals surface area contributed by atoms with Crippen LogP contribution >= 0.6 is 11.6 Å². The normalized spacial score (nSPS) is 14.1. The first-order chi connectivity index (χ1) is 23.1. The van der Waals surface area contributed by atoms with Crippen molar-refractivity contribution in [1.82, 2.24) is 19.7 Å². The highest BCUT2D eigenvalue weighted by Gasteiger charge is 2.31. The van der Waals surface area contributed by atoms with Gasteiger partial charge in [-0.2, -0.15) is 18.4 Å². The second-order valence-corrected chi connectivity index (χ2v) is 14.5. The van der Waals surface area contributed by atoms with Crippen molar-refractivity contribution in [3.63, 3.8) is 0 Å². The van der Waals surface area contributed by atoms with E-state index in [0.29, 0.717) is 42.4 Å². The molecule has 2 aromatic carbocycles. The number of benzene rings is 2. The summed E-state index contributed by atoms with van der Waals surface area (Å²) >= 11 is 6.39. The maximum Gasteiger partial charge on any atom is 0.353 e. The van der Waals surface area contributed by atoms with E-state index < -0.39 is 33.3 Å². The zero-order valence-electron chi connectivity index (χ0n) is 27.5. The maximum atomic E-state index is 14.1. The third kappa shape index (κ3) is 8.92. The van der Waals surface area contributed by atoms with E-state index in [1.165, 1.54) is 35.1 Å². The number of urea groups is 1. The molecule has 0 saturated carbocycles. The molecule has 1 saturated heterocycles. The van der Waals surface area contributed by atoms with Gasteiger partial charge in [-0.15, -0.1) is 9.35 Å². The van der Waals surface area contributed by atoms with E-state index in [-0.39, 0.29) is 34.1 Å². The van der Waals surface area contributed by atoms with E-state index >= 15 is 0 Å².